The molecule has 4 heteroatoms. The van der Waals surface area contributed by atoms with Crippen LogP contribution in [0.25, 0.3) is 6.08 Å². The predicted molar refractivity (Wildman–Crippen MR) is 85.0 cm³/mol. The third-order valence-electron chi connectivity index (χ3n) is 5.24. The zero-order chi connectivity index (χ0) is 16.1. The lowest BCUT2D eigenvalue weighted by atomic mass is 9.93. The Hall–Kier alpha value is -2.49. The third-order valence-corrected chi connectivity index (χ3v) is 5.24. The van der Waals surface area contributed by atoms with Crippen molar-refractivity contribution in [1.29, 1.82) is 0 Å². The molecular formula is C19H18O4. The summed E-state index contributed by atoms with van der Waals surface area (Å²) >= 11 is 0. The Morgan fingerprint density at radius 1 is 1.17 bits per heavy atom. The summed E-state index contributed by atoms with van der Waals surface area (Å²) in [4.78, 5) is 12.5. The number of carbonyl (C=O) groups is 1. The van der Waals surface area contributed by atoms with E-state index in [1.165, 1.54) is 0 Å². The lowest BCUT2D eigenvalue weighted by Gasteiger charge is -2.18. The molecule has 3 aliphatic rings. The van der Waals surface area contributed by atoms with Crippen LogP contribution in [-0.2, 0) is 19.0 Å². The van der Waals surface area contributed by atoms with Gasteiger partial charge in [0.1, 0.15) is 12.0 Å². The van der Waals surface area contributed by atoms with Crippen molar-refractivity contribution in [3.8, 4) is 0 Å². The van der Waals surface area contributed by atoms with Crippen LogP contribution in [0.4, 0.5) is 0 Å². The minimum atomic E-state index is -0.646. The molecule has 1 saturated carbocycles. The van der Waals surface area contributed by atoms with E-state index in [-0.39, 0.29) is 17.3 Å². The van der Waals surface area contributed by atoms with Crippen LogP contribution < -0.4 is 0 Å². The number of esters is 1. The zero-order valence-corrected chi connectivity index (χ0v) is 13.1. The van der Waals surface area contributed by atoms with Crippen molar-refractivity contribution in [3.05, 3.63) is 65.6 Å². The van der Waals surface area contributed by atoms with Gasteiger partial charge in [-0.25, -0.2) is 0 Å². The fourth-order valence-corrected chi connectivity index (χ4v) is 3.96. The van der Waals surface area contributed by atoms with Gasteiger partial charge in [0.2, 0.25) is 0 Å². The second-order valence-corrected chi connectivity index (χ2v) is 6.15. The third kappa shape index (κ3) is 1.69. The molecule has 1 aliphatic heterocycles. The second-order valence-electron chi connectivity index (χ2n) is 6.15. The molecule has 0 amide bonds. The fraction of sp³-hybridized carbons (Fsp3) is 0.316. The van der Waals surface area contributed by atoms with Crippen LogP contribution in [0, 0.1) is 16.7 Å². The highest BCUT2D eigenvalue weighted by molar-refractivity contribution is 5.91. The smallest absolute Gasteiger partial charge is 0.317 e. The molecule has 2 aliphatic carbocycles. The van der Waals surface area contributed by atoms with Crippen molar-refractivity contribution in [2.75, 3.05) is 20.8 Å². The first-order valence-electron chi connectivity index (χ1n) is 7.62. The minimum Gasteiger partial charge on any atom is -0.493 e. The fourth-order valence-electron chi connectivity index (χ4n) is 3.96. The maximum Gasteiger partial charge on any atom is 0.317 e. The van der Waals surface area contributed by atoms with Crippen molar-refractivity contribution in [2.24, 2.45) is 16.7 Å². The van der Waals surface area contributed by atoms with Gasteiger partial charge in [0.25, 0.3) is 0 Å². The average Bonchev–Trinajstić information content (AvgIpc) is 3.07. The summed E-state index contributed by atoms with van der Waals surface area (Å²) in [5.74, 6) is 1.23. The van der Waals surface area contributed by atoms with E-state index in [1.807, 2.05) is 54.6 Å². The van der Waals surface area contributed by atoms with Gasteiger partial charge in [0, 0.05) is 5.92 Å². The molecule has 118 valence electrons. The largest absolute Gasteiger partial charge is 0.493 e. The van der Waals surface area contributed by atoms with Crippen LogP contribution >= 0.6 is 0 Å². The molecule has 3 atom stereocenters. The molecule has 0 radical (unpaired) electrons. The molecular weight excluding hydrogens is 292 g/mol. The summed E-state index contributed by atoms with van der Waals surface area (Å²) < 4.78 is 16.2. The molecule has 1 heterocycles. The summed E-state index contributed by atoms with van der Waals surface area (Å²) in [5, 5.41) is 0. The molecule has 1 aromatic rings. The number of carbonyl (C=O) groups excluding carboxylic acids is 1. The van der Waals surface area contributed by atoms with E-state index in [4.69, 9.17) is 14.2 Å². The molecule has 4 nitrogen and oxygen atoms in total. The Morgan fingerprint density at radius 3 is 2.61 bits per heavy atom. The van der Waals surface area contributed by atoms with E-state index in [0.29, 0.717) is 18.1 Å². The Morgan fingerprint density at radius 2 is 1.91 bits per heavy atom. The van der Waals surface area contributed by atoms with Crippen molar-refractivity contribution in [1.82, 2.24) is 0 Å². The number of ether oxygens (including phenoxy) is 3. The van der Waals surface area contributed by atoms with Crippen LogP contribution in [0.1, 0.15) is 5.56 Å². The Labute approximate surface area is 135 Å². The molecule has 1 spiro atoms. The van der Waals surface area contributed by atoms with Crippen molar-refractivity contribution in [3.63, 3.8) is 0 Å². The first-order chi connectivity index (χ1) is 11.2. The highest BCUT2D eigenvalue weighted by Gasteiger charge is 2.83. The molecule has 0 unspecified atom stereocenters. The maximum atomic E-state index is 12.5. The van der Waals surface area contributed by atoms with Crippen LogP contribution in [0.2, 0.25) is 0 Å². The molecule has 0 N–H and O–H groups in total. The van der Waals surface area contributed by atoms with Gasteiger partial charge in [-0.15, -0.1) is 0 Å². The van der Waals surface area contributed by atoms with E-state index in [1.54, 1.807) is 14.2 Å². The van der Waals surface area contributed by atoms with Crippen LogP contribution in [0.5, 0.6) is 0 Å². The van der Waals surface area contributed by atoms with Crippen molar-refractivity contribution < 1.29 is 19.0 Å². The normalized spacial score (nSPS) is 34.2. The van der Waals surface area contributed by atoms with Gasteiger partial charge in [0.15, 0.2) is 11.5 Å². The van der Waals surface area contributed by atoms with E-state index < -0.39 is 5.41 Å². The second kappa shape index (κ2) is 4.75. The van der Waals surface area contributed by atoms with Gasteiger partial charge in [-0.1, -0.05) is 42.5 Å². The first-order valence-corrected chi connectivity index (χ1v) is 7.62. The zero-order valence-electron chi connectivity index (χ0n) is 13.1. The van der Waals surface area contributed by atoms with E-state index in [0.717, 1.165) is 5.56 Å². The summed E-state index contributed by atoms with van der Waals surface area (Å²) in [7, 11) is 3.22. The Kier molecular flexibility index (Phi) is 2.92. The van der Waals surface area contributed by atoms with Gasteiger partial charge in [-0.05, 0) is 17.7 Å². The number of fused-ring (bicyclic) bond motifs is 1. The van der Waals surface area contributed by atoms with Gasteiger partial charge in [-0.3, -0.25) is 4.79 Å². The molecule has 0 bridgehead atoms. The van der Waals surface area contributed by atoms with Crippen molar-refractivity contribution in [2.45, 2.75) is 0 Å². The summed E-state index contributed by atoms with van der Waals surface area (Å²) in [5.41, 5.74) is 0.0718. The minimum absolute atomic E-state index is 0.0602. The van der Waals surface area contributed by atoms with Crippen LogP contribution in [-0.4, -0.2) is 26.8 Å². The number of cyclic esters (lactones) is 1. The highest BCUT2D eigenvalue weighted by Crippen LogP contribution is 2.77. The molecule has 4 rings (SSSR count). The Bertz CT molecular complexity index is 746. The molecule has 2 fully saturated rings. The standard InChI is InChI=1S/C19H18O4/c1-21-14-10-16-18(11-15(14)22-2)12-23-17(20)19(16,18)9-8-13-6-4-3-5-7-13/h3-11,16H,12H2,1-2H3/b9-8+/t16-,18-,19-/m0/s1. The Balaban J connectivity index is 1.76. The van der Waals surface area contributed by atoms with E-state index in [9.17, 15) is 4.79 Å². The lowest BCUT2D eigenvalue weighted by Crippen LogP contribution is -2.15. The summed E-state index contributed by atoms with van der Waals surface area (Å²) in [6, 6.07) is 9.95. The number of hydrogen-bond acceptors (Lipinski definition) is 4. The maximum absolute atomic E-state index is 12.5. The summed E-state index contributed by atoms with van der Waals surface area (Å²) in [6.07, 6.45) is 7.97. The van der Waals surface area contributed by atoms with Gasteiger partial charge in [0.05, 0.1) is 19.6 Å². The van der Waals surface area contributed by atoms with Gasteiger partial charge in [-0.2, -0.15) is 0 Å². The van der Waals surface area contributed by atoms with Crippen LogP contribution in [0.3, 0.4) is 0 Å². The lowest BCUT2D eigenvalue weighted by molar-refractivity contribution is -0.144. The monoisotopic (exact) mass is 310 g/mol. The quantitative estimate of drug-likeness (QED) is 0.802. The van der Waals surface area contributed by atoms with Crippen LogP contribution in [0.15, 0.2) is 60.1 Å². The molecule has 23 heavy (non-hydrogen) atoms. The highest BCUT2D eigenvalue weighted by atomic mass is 16.5. The number of methoxy groups -OCH3 is 2. The number of rotatable bonds is 4. The SMILES string of the molecule is COC1=C[C@H]2[C@]3(C=C1OC)COC(=O)[C@]23/C=C/c1ccccc1. The number of benzene rings is 1. The van der Waals surface area contributed by atoms with E-state index >= 15 is 0 Å². The first kappa shape index (κ1) is 14.1. The number of hydrogen-bond donors (Lipinski definition) is 0. The van der Waals surface area contributed by atoms with E-state index in [2.05, 4.69) is 0 Å². The average molecular weight is 310 g/mol. The summed E-state index contributed by atoms with van der Waals surface area (Å²) in [6.45, 7) is 0.385. The topological polar surface area (TPSA) is 44.8 Å². The number of allylic oxidation sites excluding steroid dienone is 1. The molecule has 0 aromatic heterocycles. The van der Waals surface area contributed by atoms with Crippen molar-refractivity contribution >= 4 is 12.0 Å². The molecule has 1 aromatic carbocycles. The predicted octanol–water partition coefficient (Wildman–Crippen LogP) is 2.93. The molecule has 1 saturated heterocycles. The van der Waals surface area contributed by atoms with Gasteiger partial charge < -0.3 is 14.2 Å². The van der Waals surface area contributed by atoms with Gasteiger partial charge >= 0.3 is 5.97 Å².